The van der Waals surface area contributed by atoms with Gasteiger partial charge in [0.2, 0.25) is 5.91 Å². The van der Waals surface area contributed by atoms with Gasteiger partial charge < -0.3 is 4.90 Å². The Morgan fingerprint density at radius 2 is 1.85 bits per heavy atom. The van der Waals surface area contributed by atoms with E-state index >= 15 is 0 Å². The van der Waals surface area contributed by atoms with E-state index in [1.165, 1.54) is 57.8 Å². The zero-order valence-corrected chi connectivity index (χ0v) is 14.1. The van der Waals surface area contributed by atoms with Crippen molar-refractivity contribution >= 4 is 21.8 Å². The summed E-state index contributed by atoms with van der Waals surface area (Å²) >= 11 is 3.53. The van der Waals surface area contributed by atoms with Crippen molar-refractivity contribution in [1.82, 2.24) is 4.90 Å². The normalized spacial score (nSPS) is 37.8. The van der Waals surface area contributed by atoms with E-state index in [9.17, 15) is 4.79 Å². The predicted molar refractivity (Wildman–Crippen MR) is 85.9 cm³/mol. The number of hydrogen-bond donors (Lipinski definition) is 0. The Bertz CT molecular complexity index is 346. The third kappa shape index (κ3) is 3.23. The number of hydrogen-bond acceptors (Lipinski definition) is 1. The summed E-state index contributed by atoms with van der Waals surface area (Å²) in [5.74, 6) is 3.41. The molecule has 0 aromatic heterocycles. The van der Waals surface area contributed by atoms with Crippen LogP contribution in [0.1, 0.15) is 57.8 Å². The molecule has 0 radical (unpaired) electrons. The fraction of sp³-hybridized carbons (Fsp3) is 0.941. The van der Waals surface area contributed by atoms with Crippen molar-refractivity contribution in [3.8, 4) is 0 Å². The first-order chi connectivity index (χ1) is 9.78. The second kappa shape index (κ2) is 6.81. The minimum atomic E-state index is 0.358. The van der Waals surface area contributed by atoms with Crippen molar-refractivity contribution < 1.29 is 4.79 Å². The molecule has 1 heterocycles. The van der Waals surface area contributed by atoms with Crippen LogP contribution in [0, 0.1) is 23.7 Å². The largest absolute Gasteiger partial charge is 0.342 e. The van der Waals surface area contributed by atoms with E-state index in [4.69, 9.17) is 0 Å². The van der Waals surface area contributed by atoms with E-state index in [-0.39, 0.29) is 0 Å². The van der Waals surface area contributed by atoms with Gasteiger partial charge in [0.15, 0.2) is 0 Å². The predicted octanol–water partition coefficient (Wildman–Crippen LogP) is 4.23. The van der Waals surface area contributed by atoms with E-state index in [1.807, 2.05) is 0 Å². The summed E-state index contributed by atoms with van der Waals surface area (Å²) in [4.78, 5) is 14.9. The monoisotopic (exact) mass is 341 g/mol. The van der Waals surface area contributed by atoms with E-state index in [1.54, 1.807) is 0 Å². The summed E-state index contributed by atoms with van der Waals surface area (Å²) in [7, 11) is 0. The fourth-order valence-corrected chi connectivity index (χ4v) is 5.43. The first kappa shape index (κ1) is 14.9. The van der Waals surface area contributed by atoms with Crippen LogP contribution in [0.2, 0.25) is 0 Å². The lowest BCUT2D eigenvalue weighted by Gasteiger charge is -2.39. The number of fused-ring (bicyclic) bond motifs is 1. The molecular formula is C17H28BrNO. The quantitative estimate of drug-likeness (QED) is 0.703. The van der Waals surface area contributed by atoms with Crippen LogP contribution in [0.5, 0.6) is 0 Å². The summed E-state index contributed by atoms with van der Waals surface area (Å²) < 4.78 is 0. The molecule has 20 heavy (non-hydrogen) atoms. The van der Waals surface area contributed by atoms with Crippen molar-refractivity contribution in [2.45, 2.75) is 57.8 Å². The van der Waals surface area contributed by atoms with Crippen LogP contribution in [0.4, 0.5) is 0 Å². The first-order valence-electron chi connectivity index (χ1n) is 8.62. The Morgan fingerprint density at radius 1 is 1.05 bits per heavy atom. The van der Waals surface area contributed by atoms with Crippen molar-refractivity contribution in [3.05, 3.63) is 0 Å². The molecule has 2 saturated carbocycles. The number of rotatable bonds is 3. The van der Waals surface area contributed by atoms with Crippen molar-refractivity contribution in [2.75, 3.05) is 18.4 Å². The molecule has 4 atom stereocenters. The van der Waals surface area contributed by atoms with Gasteiger partial charge in [0.25, 0.3) is 0 Å². The molecule has 0 aromatic rings. The standard InChI is InChI=1S/C17H28BrNO/c18-9-7-13-8-10-19(12-13)17(20)16-6-5-14-3-1-2-4-15(14)11-16/h13-16H,1-12H2. The van der Waals surface area contributed by atoms with Gasteiger partial charge in [0.1, 0.15) is 0 Å². The number of carbonyl (C=O) groups excluding carboxylic acids is 1. The Hall–Kier alpha value is -0.0500. The van der Waals surface area contributed by atoms with Gasteiger partial charge in [0.05, 0.1) is 0 Å². The van der Waals surface area contributed by atoms with Crippen LogP contribution in [-0.4, -0.2) is 29.2 Å². The molecule has 4 unspecified atom stereocenters. The molecule has 0 spiro atoms. The van der Waals surface area contributed by atoms with Crippen molar-refractivity contribution in [3.63, 3.8) is 0 Å². The number of likely N-dealkylation sites (tertiary alicyclic amines) is 1. The third-order valence-electron chi connectivity index (χ3n) is 6.00. The number of amides is 1. The third-order valence-corrected chi connectivity index (χ3v) is 6.46. The average molecular weight is 342 g/mol. The van der Waals surface area contributed by atoms with E-state index in [0.29, 0.717) is 11.8 Å². The molecule has 1 amide bonds. The highest BCUT2D eigenvalue weighted by molar-refractivity contribution is 9.09. The van der Waals surface area contributed by atoms with Crippen LogP contribution in [-0.2, 0) is 4.79 Å². The second-order valence-corrected chi connectivity index (χ2v) is 8.02. The SMILES string of the molecule is O=C(C1CCC2CCCCC2C1)N1CCC(CCBr)C1. The molecule has 3 rings (SSSR count). The molecule has 1 saturated heterocycles. The Kier molecular flexibility index (Phi) is 5.06. The first-order valence-corrected chi connectivity index (χ1v) is 9.75. The maximum atomic E-state index is 12.7. The summed E-state index contributed by atoms with van der Waals surface area (Å²) in [5, 5.41) is 1.08. The highest BCUT2D eigenvalue weighted by atomic mass is 79.9. The molecular weight excluding hydrogens is 314 g/mol. The number of carbonyl (C=O) groups is 1. The lowest BCUT2D eigenvalue weighted by Crippen LogP contribution is -2.39. The van der Waals surface area contributed by atoms with Crippen molar-refractivity contribution in [2.24, 2.45) is 23.7 Å². The van der Waals surface area contributed by atoms with Gasteiger partial charge in [-0.05, 0) is 49.9 Å². The van der Waals surface area contributed by atoms with Crippen LogP contribution in [0.15, 0.2) is 0 Å². The zero-order chi connectivity index (χ0) is 13.9. The summed E-state index contributed by atoms with van der Waals surface area (Å²) in [6.45, 7) is 2.04. The van der Waals surface area contributed by atoms with Gasteiger partial charge in [-0.25, -0.2) is 0 Å². The van der Waals surface area contributed by atoms with E-state index in [0.717, 1.165) is 36.2 Å². The fourth-order valence-electron chi connectivity index (χ4n) is 4.78. The van der Waals surface area contributed by atoms with Crippen molar-refractivity contribution in [1.29, 1.82) is 0 Å². The van der Waals surface area contributed by atoms with Gasteiger partial charge in [-0.3, -0.25) is 4.79 Å². The van der Waals surface area contributed by atoms with Crippen LogP contribution >= 0.6 is 15.9 Å². The highest BCUT2D eigenvalue weighted by Gasteiger charge is 2.37. The summed E-state index contributed by atoms with van der Waals surface area (Å²) in [6.07, 6.45) is 11.8. The molecule has 1 aliphatic heterocycles. The summed E-state index contributed by atoms with van der Waals surface area (Å²) in [6, 6.07) is 0. The second-order valence-electron chi connectivity index (χ2n) is 7.23. The topological polar surface area (TPSA) is 20.3 Å². The molecule has 2 aliphatic carbocycles. The Balaban J connectivity index is 1.53. The Morgan fingerprint density at radius 3 is 2.65 bits per heavy atom. The minimum absolute atomic E-state index is 0.358. The number of alkyl halides is 1. The van der Waals surface area contributed by atoms with E-state index in [2.05, 4.69) is 20.8 Å². The molecule has 3 fully saturated rings. The lowest BCUT2D eigenvalue weighted by molar-refractivity contribution is -0.137. The minimum Gasteiger partial charge on any atom is -0.342 e. The van der Waals surface area contributed by atoms with E-state index < -0.39 is 0 Å². The van der Waals surface area contributed by atoms with Crippen LogP contribution < -0.4 is 0 Å². The molecule has 3 aliphatic rings. The lowest BCUT2D eigenvalue weighted by atomic mass is 9.67. The zero-order valence-electron chi connectivity index (χ0n) is 12.5. The smallest absolute Gasteiger partial charge is 0.225 e. The maximum Gasteiger partial charge on any atom is 0.225 e. The van der Waals surface area contributed by atoms with Crippen LogP contribution in [0.3, 0.4) is 0 Å². The molecule has 0 bridgehead atoms. The molecule has 0 N–H and O–H groups in total. The number of nitrogens with zero attached hydrogens (tertiary/aromatic N) is 1. The summed E-state index contributed by atoms with van der Waals surface area (Å²) in [5.41, 5.74) is 0. The van der Waals surface area contributed by atoms with Gasteiger partial charge in [0, 0.05) is 24.3 Å². The molecule has 3 heteroatoms. The Labute approximate surface area is 131 Å². The van der Waals surface area contributed by atoms with Gasteiger partial charge in [-0.2, -0.15) is 0 Å². The van der Waals surface area contributed by atoms with Gasteiger partial charge in [-0.1, -0.05) is 41.6 Å². The maximum absolute atomic E-state index is 12.7. The molecule has 0 aromatic carbocycles. The number of halogens is 1. The highest BCUT2D eigenvalue weighted by Crippen LogP contribution is 2.43. The van der Waals surface area contributed by atoms with Gasteiger partial charge >= 0.3 is 0 Å². The molecule has 2 nitrogen and oxygen atoms in total. The molecule has 114 valence electrons. The average Bonchev–Trinajstić information content (AvgIpc) is 2.95. The van der Waals surface area contributed by atoms with Gasteiger partial charge in [-0.15, -0.1) is 0 Å². The van der Waals surface area contributed by atoms with Crippen LogP contribution in [0.25, 0.3) is 0 Å².